The van der Waals surface area contributed by atoms with E-state index in [1.807, 2.05) is 24.3 Å². The molecule has 0 amide bonds. The first-order chi connectivity index (χ1) is 9.19. The van der Waals surface area contributed by atoms with Crippen LogP contribution in [0.1, 0.15) is 24.1 Å². The summed E-state index contributed by atoms with van der Waals surface area (Å²) in [5.41, 5.74) is 1.90. The van der Waals surface area contributed by atoms with E-state index in [1.54, 1.807) is 0 Å². The zero-order valence-corrected chi connectivity index (χ0v) is 11.6. The number of benzene rings is 1. The summed E-state index contributed by atoms with van der Waals surface area (Å²) in [5.74, 6) is 0. The maximum Gasteiger partial charge on any atom is 0.0991 e. The van der Waals surface area contributed by atoms with Gasteiger partial charge in [0.15, 0.2) is 0 Å². The van der Waals surface area contributed by atoms with Crippen LogP contribution in [-0.2, 0) is 4.74 Å². The molecule has 0 bridgehead atoms. The molecule has 0 spiro atoms. The Kier molecular flexibility index (Phi) is 4.92. The minimum atomic E-state index is 0.264. The third kappa shape index (κ3) is 4.03. The maximum absolute atomic E-state index is 8.78. The quantitative estimate of drug-likeness (QED) is 0.891. The fourth-order valence-corrected chi connectivity index (χ4v) is 2.26. The van der Waals surface area contributed by atoms with Gasteiger partial charge in [-0.3, -0.25) is 0 Å². The van der Waals surface area contributed by atoms with Crippen molar-refractivity contribution < 1.29 is 4.74 Å². The Morgan fingerprint density at radius 3 is 2.84 bits per heavy atom. The minimum Gasteiger partial charge on any atom is -0.374 e. The number of rotatable bonds is 4. The highest BCUT2D eigenvalue weighted by atomic mass is 16.5. The molecule has 0 aromatic heterocycles. The Labute approximate surface area is 115 Å². The predicted octanol–water partition coefficient (Wildman–Crippen LogP) is 1.54. The van der Waals surface area contributed by atoms with Crippen LogP contribution in [-0.4, -0.2) is 44.3 Å². The van der Waals surface area contributed by atoms with Crippen molar-refractivity contribution in [3.05, 3.63) is 35.4 Å². The lowest BCUT2D eigenvalue weighted by atomic mass is 10.1. The van der Waals surface area contributed by atoms with Crippen LogP contribution in [0.3, 0.4) is 0 Å². The zero-order chi connectivity index (χ0) is 13.7. The molecule has 0 radical (unpaired) electrons. The number of nitriles is 1. The maximum atomic E-state index is 8.78. The highest BCUT2D eigenvalue weighted by Crippen LogP contribution is 2.13. The molecule has 1 fully saturated rings. The van der Waals surface area contributed by atoms with E-state index in [2.05, 4.69) is 30.3 Å². The second-order valence-electron chi connectivity index (χ2n) is 5.12. The van der Waals surface area contributed by atoms with Crippen molar-refractivity contribution in [2.24, 2.45) is 0 Å². The molecule has 102 valence electrons. The highest BCUT2D eigenvalue weighted by Gasteiger charge is 2.18. The van der Waals surface area contributed by atoms with Gasteiger partial charge in [0, 0.05) is 25.7 Å². The van der Waals surface area contributed by atoms with Crippen LogP contribution in [0.5, 0.6) is 0 Å². The van der Waals surface area contributed by atoms with Gasteiger partial charge in [-0.2, -0.15) is 5.26 Å². The second-order valence-corrected chi connectivity index (χ2v) is 5.12. The van der Waals surface area contributed by atoms with Crippen LogP contribution in [0.2, 0.25) is 0 Å². The van der Waals surface area contributed by atoms with E-state index in [1.165, 1.54) is 5.56 Å². The number of hydrogen-bond acceptors (Lipinski definition) is 4. The summed E-state index contributed by atoms with van der Waals surface area (Å²) in [6.07, 6.45) is 0.264. The molecule has 1 heterocycles. The second kappa shape index (κ2) is 6.67. The fraction of sp³-hybridized carbons (Fsp3) is 0.533. The smallest absolute Gasteiger partial charge is 0.0991 e. The highest BCUT2D eigenvalue weighted by molar-refractivity contribution is 5.32. The topological polar surface area (TPSA) is 48.3 Å². The van der Waals surface area contributed by atoms with Gasteiger partial charge in [-0.05, 0) is 31.7 Å². The molecule has 2 unspecified atom stereocenters. The van der Waals surface area contributed by atoms with Gasteiger partial charge in [0.25, 0.3) is 0 Å². The molecule has 2 atom stereocenters. The number of nitrogens with zero attached hydrogens (tertiary/aromatic N) is 2. The van der Waals surface area contributed by atoms with Crippen molar-refractivity contribution in [3.63, 3.8) is 0 Å². The Bertz CT molecular complexity index is 438. The van der Waals surface area contributed by atoms with Crippen LogP contribution in [0.25, 0.3) is 0 Å². The molecule has 1 aromatic rings. The van der Waals surface area contributed by atoms with Crippen molar-refractivity contribution >= 4 is 0 Å². The first kappa shape index (κ1) is 14.0. The number of hydrogen-bond donors (Lipinski definition) is 1. The van der Waals surface area contributed by atoms with E-state index < -0.39 is 0 Å². The van der Waals surface area contributed by atoms with Crippen molar-refractivity contribution in [1.82, 2.24) is 10.2 Å². The van der Waals surface area contributed by atoms with E-state index in [9.17, 15) is 0 Å². The minimum absolute atomic E-state index is 0.264. The van der Waals surface area contributed by atoms with Gasteiger partial charge in [-0.25, -0.2) is 0 Å². The third-order valence-electron chi connectivity index (χ3n) is 3.53. The standard InChI is InChI=1S/C15H21N3O/c1-12(14-5-3-13(9-16)4-6-14)17-10-15-11-18(2)7-8-19-15/h3-6,12,15,17H,7-8,10-11H2,1-2H3. The van der Waals surface area contributed by atoms with Crippen molar-refractivity contribution in [3.8, 4) is 6.07 Å². The lowest BCUT2D eigenvalue weighted by Gasteiger charge is -2.31. The van der Waals surface area contributed by atoms with Crippen LogP contribution in [0.4, 0.5) is 0 Å². The molecule has 1 saturated heterocycles. The van der Waals surface area contributed by atoms with Crippen LogP contribution < -0.4 is 5.32 Å². The van der Waals surface area contributed by atoms with E-state index in [4.69, 9.17) is 10.00 Å². The Morgan fingerprint density at radius 1 is 1.47 bits per heavy atom. The molecule has 4 heteroatoms. The Balaban J connectivity index is 1.83. The number of likely N-dealkylation sites (N-methyl/N-ethyl adjacent to an activating group) is 1. The lowest BCUT2D eigenvalue weighted by molar-refractivity contribution is -0.0190. The van der Waals surface area contributed by atoms with Gasteiger partial charge < -0.3 is 15.0 Å². The number of morpholine rings is 1. The lowest BCUT2D eigenvalue weighted by Crippen LogP contribution is -2.45. The molecule has 1 aliphatic heterocycles. The van der Waals surface area contributed by atoms with E-state index in [0.717, 1.165) is 26.2 Å². The van der Waals surface area contributed by atoms with Gasteiger partial charge in [0.05, 0.1) is 24.3 Å². The average molecular weight is 259 g/mol. The van der Waals surface area contributed by atoms with Crippen LogP contribution >= 0.6 is 0 Å². The van der Waals surface area contributed by atoms with Gasteiger partial charge in [-0.1, -0.05) is 12.1 Å². The summed E-state index contributed by atoms with van der Waals surface area (Å²) >= 11 is 0. The molecule has 1 N–H and O–H groups in total. The van der Waals surface area contributed by atoms with Gasteiger partial charge in [-0.15, -0.1) is 0 Å². The number of nitrogens with one attached hydrogen (secondary N) is 1. The zero-order valence-electron chi connectivity index (χ0n) is 11.6. The Morgan fingerprint density at radius 2 is 2.21 bits per heavy atom. The molecular formula is C15H21N3O. The van der Waals surface area contributed by atoms with Gasteiger partial charge in [0.1, 0.15) is 0 Å². The van der Waals surface area contributed by atoms with Crippen molar-refractivity contribution in [1.29, 1.82) is 5.26 Å². The van der Waals surface area contributed by atoms with Gasteiger partial charge in [0.2, 0.25) is 0 Å². The molecular weight excluding hydrogens is 238 g/mol. The monoisotopic (exact) mass is 259 g/mol. The van der Waals surface area contributed by atoms with Crippen molar-refractivity contribution in [2.75, 3.05) is 33.3 Å². The predicted molar refractivity (Wildman–Crippen MR) is 74.8 cm³/mol. The summed E-state index contributed by atoms with van der Waals surface area (Å²) in [4.78, 5) is 2.29. The first-order valence-corrected chi connectivity index (χ1v) is 6.72. The summed E-state index contributed by atoms with van der Waals surface area (Å²) in [5, 5.41) is 12.3. The van der Waals surface area contributed by atoms with Crippen LogP contribution in [0.15, 0.2) is 24.3 Å². The molecule has 0 saturated carbocycles. The molecule has 1 aliphatic rings. The summed E-state index contributed by atoms with van der Waals surface area (Å²) in [6, 6.07) is 10.1. The van der Waals surface area contributed by atoms with E-state index in [-0.39, 0.29) is 12.1 Å². The fourth-order valence-electron chi connectivity index (χ4n) is 2.26. The van der Waals surface area contributed by atoms with E-state index >= 15 is 0 Å². The number of ether oxygens (including phenoxy) is 1. The molecule has 4 nitrogen and oxygen atoms in total. The SMILES string of the molecule is CC(NCC1CN(C)CCO1)c1ccc(C#N)cc1. The molecule has 2 rings (SSSR count). The molecule has 0 aliphatic carbocycles. The Hall–Kier alpha value is -1.41. The van der Waals surface area contributed by atoms with Crippen molar-refractivity contribution in [2.45, 2.75) is 19.1 Å². The largest absolute Gasteiger partial charge is 0.374 e. The van der Waals surface area contributed by atoms with Gasteiger partial charge >= 0.3 is 0 Å². The average Bonchev–Trinajstić information content (AvgIpc) is 2.45. The van der Waals surface area contributed by atoms with Crippen LogP contribution in [0, 0.1) is 11.3 Å². The summed E-state index contributed by atoms with van der Waals surface area (Å²) < 4.78 is 5.72. The summed E-state index contributed by atoms with van der Waals surface area (Å²) in [6.45, 7) is 5.79. The molecule has 19 heavy (non-hydrogen) atoms. The normalized spacial score (nSPS) is 21.8. The summed E-state index contributed by atoms with van der Waals surface area (Å²) in [7, 11) is 2.12. The molecule has 1 aromatic carbocycles. The first-order valence-electron chi connectivity index (χ1n) is 6.72. The van der Waals surface area contributed by atoms with E-state index in [0.29, 0.717) is 5.56 Å². The third-order valence-corrected chi connectivity index (χ3v) is 3.53.